The first-order valence-corrected chi connectivity index (χ1v) is 9.79. The van der Waals surface area contributed by atoms with E-state index in [0.717, 1.165) is 62.3 Å². The number of rotatable bonds is 5. The summed E-state index contributed by atoms with van der Waals surface area (Å²) in [4.78, 5) is 24.3. The molecule has 4 rings (SSSR count). The van der Waals surface area contributed by atoms with Crippen LogP contribution >= 0.6 is 0 Å². The normalized spacial score (nSPS) is 19.4. The molecule has 2 saturated heterocycles. The van der Waals surface area contributed by atoms with E-state index in [0.29, 0.717) is 17.9 Å². The van der Waals surface area contributed by atoms with Gasteiger partial charge in [-0.1, -0.05) is 23.8 Å². The SMILES string of the molecule is Cc1cccc(-c2ncc(C(=O)NCC3CCCO3)c(N3CCCC3)n2)c1. The molecule has 1 unspecified atom stereocenters. The van der Waals surface area contributed by atoms with E-state index in [9.17, 15) is 4.79 Å². The van der Waals surface area contributed by atoms with E-state index in [1.165, 1.54) is 0 Å². The lowest BCUT2D eigenvalue weighted by molar-refractivity contribution is 0.0857. The standard InChI is InChI=1S/C21H26N4O2/c1-15-6-4-7-16(12-15)19-22-14-18(20(24-19)25-9-2-3-10-25)21(26)23-13-17-8-5-11-27-17/h4,6-7,12,14,17H,2-3,5,8-11,13H2,1H3,(H,23,26). The van der Waals surface area contributed by atoms with Gasteiger partial charge in [-0.2, -0.15) is 0 Å². The van der Waals surface area contributed by atoms with Crippen LogP contribution in [0.25, 0.3) is 11.4 Å². The summed E-state index contributed by atoms with van der Waals surface area (Å²) in [5.41, 5.74) is 2.69. The molecule has 142 valence electrons. The van der Waals surface area contributed by atoms with E-state index >= 15 is 0 Å². The van der Waals surface area contributed by atoms with Crippen LogP contribution in [0, 0.1) is 6.92 Å². The van der Waals surface area contributed by atoms with E-state index in [4.69, 9.17) is 9.72 Å². The van der Waals surface area contributed by atoms with Crippen molar-refractivity contribution >= 4 is 11.7 Å². The van der Waals surface area contributed by atoms with Crippen LogP contribution in [0.1, 0.15) is 41.6 Å². The van der Waals surface area contributed by atoms with Crippen molar-refractivity contribution in [3.63, 3.8) is 0 Å². The highest BCUT2D eigenvalue weighted by molar-refractivity contribution is 5.99. The third-order valence-corrected chi connectivity index (χ3v) is 5.21. The average Bonchev–Trinajstić information content (AvgIpc) is 3.39. The van der Waals surface area contributed by atoms with Crippen LogP contribution in [0.2, 0.25) is 0 Å². The molecule has 0 aliphatic carbocycles. The minimum atomic E-state index is -0.122. The molecule has 27 heavy (non-hydrogen) atoms. The van der Waals surface area contributed by atoms with E-state index in [1.54, 1.807) is 6.20 Å². The Hall–Kier alpha value is -2.47. The molecule has 1 aromatic heterocycles. The second-order valence-corrected chi connectivity index (χ2v) is 7.34. The maximum Gasteiger partial charge on any atom is 0.256 e. The van der Waals surface area contributed by atoms with Crippen LogP contribution in [0.5, 0.6) is 0 Å². The van der Waals surface area contributed by atoms with Crippen molar-refractivity contribution in [2.24, 2.45) is 0 Å². The van der Waals surface area contributed by atoms with E-state index in [2.05, 4.69) is 34.3 Å². The fourth-order valence-electron chi connectivity index (χ4n) is 3.73. The van der Waals surface area contributed by atoms with Crippen LogP contribution in [0.15, 0.2) is 30.5 Å². The molecule has 1 atom stereocenters. The van der Waals surface area contributed by atoms with E-state index < -0.39 is 0 Å². The Balaban J connectivity index is 1.60. The molecule has 6 nitrogen and oxygen atoms in total. The van der Waals surface area contributed by atoms with Crippen molar-refractivity contribution in [1.29, 1.82) is 0 Å². The van der Waals surface area contributed by atoms with Crippen LogP contribution in [-0.4, -0.2) is 48.2 Å². The van der Waals surface area contributed by atoms with Crippen molar-refractivity contribution in [2.45, 2.75) is 38.7 Å². The Morgan fingerprint density at radius 3 is 2.89 bits per heavy atom. The van der Waals surface area contributed by atoms with Gasteiger partial charge in [-0.25, -0.2) is 9.97 Å². The van der Waals surface area contributed by atoms with Crippen LogP contribution in [0.3, 0.4) is 0 Å². The van der Waals surface area contributed by atoms with Gasteiger partial charge in [-0.15, -0.1) is 0 Å². The number of carbonyl (C=O) groups excluding carboxylic acids is 1. The molecule has 1 amide bonds. The summed E-state index contributed by atoms with van der Waals surface area (Å²) in [6.07, 6.45) is 6.11. The zero-order valence-electron chi connectivity index (χ0n) is 15.8. The molecule has 0 spiro atoms. The van der Waals surface area contributed by atoms with Gasteiger partial charge in [0.1, 0.15) is 11.4 Å². The molecule has 2 aliphatic heterocycles. The molecule has 1 aromatic carbocycles. The number of hydrogen-bond donors (Lipinski definition) is 1. The van der Waals surface area contributed by atoms with Gasteiger partial charge in [-0.05, 0) is 38.7 Å². The Morgan fingerprint density at radius 1 is 1.30 bits per heavy atom. The summed E-state index contributed by atoms with van der Waals surface area (Å²) in [6, 6.07) is 8.14. The van der Waals surface area contributed by atoms with Gasteiger partial charge >= 0.3 is 0 Å². The maximum absolute atomic E-state index is 12.8. The van der Waals surface area contributed by atoms with Crippen LogP contribution in [0.4, 0.5) is 5.82 Å². The van der Waals surface area contributed by atoms with Crippen molar-refractivity contribution < 1.29 is 9.53 Å². The highest BCUT2D eigenvalue weighted by Gasteiger charge is 2.24. The Bertz CT molecular complexity index is 812. The number of carbonyl (C=O) groups is 1. The van der Waals surface area contributed by atoms with E-state index in [1.807, 2.05) is 12.1 Å². The fraction of sp³-hybridized carbons (Fsp3) is 0.476. The summed E-state index contributed by atoms with van der Waals surface area (Å²) < 4.78 is 5.60. The molecule has 2 aromatic rings. The van der Waals surface area contributed by atoms with Gasteiger partial charge in [0.25, 0.3) is 5.91 Å². The number of anilines is 1. The fourth-order valence-corrected chi connectivity index (χ4v) is 3.73. The number of hydrogen-bond acceptors (Lipinski definition) is 5. The summed E-state index contributed by atoms with van der Waals surface area (Å²) in [7, 11) is 0. The zero-order valence-corrected chi connectivity index (χ0v) is 15.8. The highest BCUT2D eigenvalue weighted by atomic mass is 16.5. The van der Waals surface area contributed by atoms with Gasteiger partial charge in [0, 0.05) is 38.0 Å². The quantitative estimate of drug-likeness (QED) is 0.881. The van der Waals surface area contributed by atoms with Gasteiger partial charge in [-0.3, -0.25) is 4.79 Å². The third-order valence-electron chi connectivity index (χ3n) is 5.21. The van der Waals surface area contributed by atoms with Crippen LogP contribution < -0.4 is 10.2 Å². The van der Waals surface area contributed by atoms with Gasteiger partial charge in [0.2, 0.25) is 0 Å². The highest BCUT2D eigenvalue weighted by Crippen LogP contribution is 2.26. The predicted molar refractivity (Wildman–Crippen MR) is 105 cm³/mol. The molecule has 3 heterocycles. The number of amides is 1. The molecule has 0 saturated carbocycles. The number of ether oxygens (including phenoxy) is 1. The monoisotopic (exact) mass is 366 g/mol. The lowest BCUT2D eigenvalue weighted by Crippen LogP contribution is -2.33. The second kappa shape index (κ2) is 8.05. The first kappa shape index (κ1) is 17.9. The summed E-state index contributed by atoms with van der Waals surface area (Å²) in [5, 5.41) is 3.00. The Labute approximate surface area is 160 Å². The Kier molecular flexibility index (Phi) is 5.34. The number of nitrogens with zero attached hydrogens (tertiary/aromatic N) is 3. The molecular formula is C21H26N4O2. The molecule has 1 N–H and O–H groups in total. The molecule has 2 aliphatic rings. The molecule has 0 radical (unpaired) electrons. The Morgan fingerprint density at radius 2 is 2.15 bits per heavy atom. The topological polar surface area (TPSA) is 67.3 Å². The number of aromatic nitrogens is 2. The summed E-state index contributed by atoms with van der Waals surface area (Å²) in [5.74, 6) is 1.28. The molecule has 6 heteroatoms. The smallest absolute Gasteiger partial charge is 0.256 e. The zero-order chi connectivity index (χ0) is 18.6. The number of aryl methyl sites for hydroxylation is 1. The largest absolute Gasteiger partial charge is 0.376 e. The predicted octanol–water partition coefficient (Wildman–Crippen LogP) is 2.96. The number of benzene rings is 1. The second-order valence-electron chi connectivity index (χ2n) is 7.34. The molecular weight excluding hydrogens is 340 g/mol. The molecule has 0 bridgehead atoms. The minimum Gasteiger partial charge on any atom is -0.376 e. The van der Waals surface area contributed by atoms with Crippen molar-refractivity contribution in [3.8, 4) is 11.4 Å². The lowest BCUT2D eigenvalue weighted by atomic mass is 10.1. The summed E-state index contributed by atoms with van der Waals surface area (Å²) in [6.45, 7) is 5.23. The third kappa shape index (κ3) is 4.11. The van der Waals surface area contributed by atoms with Gasteiger partial charge in [0.15, 0.2) is 5.82 Å². The minimum absolute atomic E-state index is 0.122. The molecule has 2 fully saturated rings. The average molecular weight is 366 g/mol. The maximum atomic E-state index is 12.8. The van der Waals surface area contributed by atoms with Gasteiger partial charge in [0.05, 0.1) is 6.10 Å². The summed E-state index contributed by atoms with van der Waals surface area (Å²) >= 11 is 0. The van der Waals surface area contributed by atoms with Crippen molar-refractivity contribution in [1.82, 2.24) is 15.3 Å². The van der Waals surface area contributed by atoms with Crippen molar-refractivity contribution in [3.05, 3.63) is 41.6 Å². The first-order chi connectivity index (χ1) is 13.2. The van der Waals surface area contributed by atoms with E-state index in [-0.39, 0.29) is 12.0 Å². The van der Waals surface area contributed by atoms with Crippen molar-refractivity contribution in [2.75, 3.05) is 31.1 Å². The number of nitrogens with one attached hydrogen (secondary N) is 1. The lowest BCUT2D eigenvalue weighted by Gasteiger charge is -2.20. The van der Waals surface area contributed by atoms with Gasteiger partial charge < -0.3 is 15.0 Å². The first-order valence-electron chi connectivity index (χ1n) is 9.79. The van der Waals surface area contributed by atoms with Crippen LogP contribution in [-0.2, 0) is 4.74 Å².